The van der Waals surface area contributed by atoms with Gasteiger partial charge in [0.05, 0.1) is 20.3 Å². The predicted octanol–water partition coefficient (Wildman–Crippen LogP) is 8.04. The topological polar surface area (TPSA) is 108 Å². The van der Waals surface area contributed by atoms with Crippen LogP contribution in [0, 0.1) is 16.5 Å². The van der Waals surface area contributed by atoms with E-state index in [1.807, 2.05) is 18.2 Å². The van der Waals surface area contributed by atoms with Gasteiger partial charge in [-0.1, -0.05) is 102 Å². The summed E-state index contributed by atoms with van der Waals surface area (Å²) in [6, 6.07) is 16.3. The van der Waals surface area contributed by atoms with Crippen LogP contribution in [0.15, 0.2) is 53.5 Å². The lowest BCUT2D eigenvalue weighted by Crippen LogP contribution is -2.45. The van der Waals surface area contributed by atoms with Gasteiger partial charge in [0, 0.05) is 12.1 Å². The Morgan fingerprint density at radius 3 is 2.08 bits per heavy atom. The maximum Gasteiger partial charge on any atom is 0.165 e. The van der Waals surface area contributed by atoms with Crippen molar-refractivity contribution in [3.63, 3.8) is 0 Å². The van der Waals surface area contributed by atoms with Gasteiger partial charge in [-0.25, -0.2) is 11.1 Å². The molecule has 1 heterocycles. The summed E-state index contributed by atoms with van der Waals surface area (Å²) < 4.78 is 11.3. The zero-order valence-corrected chi connectivity index (χ0v) is 25.3. The summed E-state index contributed by atoms with van der Waals surface area (Å²) in [5, 5.41) is 0. The number of rotatable bonds is 12. The summed E-state index contributed by atoms with van der Waals surface area (Å²) in [5.74, 6) is 2.10. The zero-order chi connectivity index (χ0) is 29.1. The van der Waals surface area contributed by atoms with Crippen molar-refractivity contribution in [1.82, 2.24) is 4.90 Å². The molecule has 0 aromatic heterocycles. The molecule has 1 aliphatic rings. The highest BCUT2D eigenvalue weighted by molar-refractivity contribution is 5.88. The van der Waals surface area contributed by atoms with Gasteiger partial charge in [-0.3, -0.25) is 9.89 Å². The molecule has 3 rings (SSSR count). The molecule has 2 aromatic carbocycles. The minimum atomic E-state index is -0.123. The highest BCUT2D eigenvalue weighted by Gasteiger charge is 2.35. The lowest BCUT2D eigenvalue weighted by Gasteiger charge is -2.42. The first-order valence-electron chi connectivity index (χ1n) is 14.5. The first-order valence-corrected chi connectivity index (χ1v) is 14.5. The summed E-state index contributed by atoms with van der Waals surface area (Å²) in [6.45, 7) is 11.8. The monoisotopic (exact) mass is 539 g/mol. The molecule has 7 nitrogen and oxygen atoms in total. The lowest BCUT2D eigenvalue weighted by molar-refractivity contribution is 0.0992. The number of para-hydroxylation sites is 1. The van der Waals surface area contributed by atoms with Crippen LogP contribution in [0.1, 0.15) is 89.8 Å². The number of methoxy groups -OCH3 is 2. The van der Waals surface area contributed by atoms with Crippen LogP contribution in [0.3, 0.4) is 0 Å². The van der Waals surface area contributed by atoms with Gasteiger partial charge in [-0.05, 0) is 49.4 Å². The highest BCUT2D eigenvalue weighted by atomic mass is 16.5. The fourth-order valence-corrected chi connectivity index (χ4v) is 4.89. The van der Waals surface area contributed by atoms with Crippen molar-refractivity contribution < 1.29 is 9.47 Å². The van der Waals surface area contributed by atoms with E-state index in [1.165, 1.54) is 37.7 Å². The molecule has 0 aliphatic carbocycles. The van der Waals surface area contributed by atoms with Crippen LogP contribution in [-0.4, -0.2) is 44.6 Å². The number of piperidine rings is 1. The largest absolute Gasteiger partial charge is 0.493 e. The summed E-state index contributed by atoms with van der Waals surface area (Å²) in [4.78, 5) is 7.27. The van der Waals surface area contributed by atoms with Crippen LogP contribution in [0.2, 0.25) is 0 Å². The van der Waals surface area contributed by atoms with E-state index >= 15 is 0 Å². The molecule has 0 bridgehead atoms. The van der Waals surface area contributed by atoms with Gasteiger partial charge in [0.15, 0.2) is 11.5 Å². The van der Waals surface area contributed by atoms with Crippen LogP contribution in [0.4, 0.5) is 0 Å². The van der Waals surface area contributed by atoms with Crippen LogP contribution < -0.4 is 15.2 Å². The Bertz CT molecular complexity index is 939. The van der Waals surface area contributed by atoms with Crippen molar-refractivity contribution in [2.45, 2.75) is 85.1 Å². The molecular weight excluding hydrogens is 486 g/mol. The fourth-order valence-electron chi connectivity index (χ4n) is 4.89. The number of unbranched alkanes of at least 4 members (excludes halogenated alkanes) is 3. The Morgan fingerprint density at radius 2 is 1.56 bits per heavy atom. The molecule has 7 heteroatoms. The maximum atomic E-state index is 6.67. The summed E-state index contributed by atoms with van der Waals surface area (Å²) in [7, 11) is 3.35. The van der Waals surface area contributed by atoms with Gasteiger partial charge in [-0.2, -0.15) is 0 Å². The number of hydrogen-bond acceptors (Lipinski definition) is 6. The Labute approximate surface area is 237 Å². The number of nitrogens with zero attached hydrogens (tertiary/aromatic N) is 2. The second-order valence-electron chi connectivity index (χ2n) is 10.4. The van der Waals surface area contributed by atoms with E-state index in [0.717, 1.165) is 49.4 Å². The zero-order valence-electron chi connectivity index (χ0n) is 25.3. The average molecular weight is 540 g/mol. The second-order valence-corrected chi connectivity index (χ2v) is 10.4. The predicted molar refractivity (Wildman–Crippen MR) is 163 cm³/mol. The molecule has 1 fully saturated rings. The third-order valence-electron chi connectivity index (χ3n) is 7.73. The number of benzene rings is 2. The number of ether oxygens (including phenoxy) is 2. The molecule has 1 unspecified atom stereocenters. The van der Waals surface area contributed by atoms with Gasteiger partial charge >= 0.3 is 0 Å². The number of likely N-dealkylation sites (tertiary alicyclic amines) is 1. The normalized spacial score (nSPS) is 15.7. The van der Waals surface area contributed by atoms with Crippen molar-refractivity contribution in [3.05, 3.63) is 59.7 Å². The molecule has 4 N–H and O–H groups in total. The van der Waals surface area contributed by atoms with Crippen molar-refractivity contribution >= 4 is 5.84 Å². The van der Waals surface area contributed by atoms with Crippen LogP contribution in [0.5, 0.6) is 11.5 Å². The minimum absolute atomic E-state index is 0.123. The standard InChI is InChI=1S/C26H37N3O2.C6H14.H2N2/c1-5-26(2)15-18-29(19-16-26)23(21-12-9-13-22(30-3)24(21)31-4)25(27)28-17-14-20-10-7-6-8-11-20;1-3-5-6-4-2;1-2/h6-13,23H,5,14-19H2,1-4H3,(H2,27,28);3-6H2,1-2H3;1-2H. The maximum absolute atomic E-state index is 6.67. The summed E-state index contributed by atoms with van der Waals surface area (Å²) in [5.41, 5.74) is 19.4. The molecule has 39 heavy (non-hydrogen) atoms. The molecule has 1 aliphatic heterocycles. The second kappa shape index (κ2) is 19.2. The molecule has 2 aromatic rings. The van der Waals surface area contributed by atoms with Gasteiger partial charge in [0.25, 0.3) is 0 Å². The highest BCUT2D eigenvalue weighted by Crippen LogP contribution is 2.41. The van der Waals surface area contributed by atoms with E-state index in [4.69, 9.17) is 31.3 Å². The van der Waals surface area contributed by atoms with Gasteiger partial charge < -0.3 is 15.2 Å². The molecule has 0 amide bonds. The lowest BCUT2D eigenvalue weighted by atomic mass is 9.77. The van der Waals surface area contributed by atoms with Gasteiger partial charge in [-0.15, -0.1) is 0 Å². The molecule has 0 saturated carbocycles. The quantitative estimate of drug-likeness (QED) is 0.110. The summed E-state index contributed by atoms with van der Waals surface area (Å²) >= 11 is 0. The Kier molecular flexibility index (Phi) is 16.8. The molecular formula is C32H53N5O2. The molecule has 218 valence electrons. The van der Waals surface area contributed by atoms with Crippen LogP contribution in [0.25, 0.3) is 0 Å². The third kappa shape index (κ3) is 11.0. The van der Waals surface area contributed by atoms with E-state index in [1.54, 1.807) is 14.2 Å². The summed E-state index contributed by atoms with van der Waals surface area (Å²) in [6.07, 6.45) is 9.92. The molecule has 1 atom stereocenters. The Balaban J connectivity index is 0.000000839. The number of nitrogens with one attached hydrogen (secondary N) is 2. The van der Waals surface area contributed by atoms with Gasteiger partial charge in [0.2, 0.25) is 0 Å². The first-order chi connectivity index (χ1) is 18.9. The van der Waals surface area contributed by atoms with Crippen molar-refractivity contribution in [3.8, 4) is 11.5 Å². The molecule has 0 spiro atoms. The average Bonchev–Trinajstić information content (AvgIpc) is 2.99. The number of hydrogen-bond donors (Lipinski definition) is 3. The Hall–Kier alpha value is -2.93. The van der Waals surface area contributed by atoms with Crippen molar-refractivity contribution in [2.75, 3.05) is 33.9 Å². The number of amidine groups is 1. The smallest absolute Gasteiger partial charge is 0.165 e. The van der Waals surface area contributed by atoms with Gasteiger partial charge in [0.1, 0.15) is 5.84 Å². The van der Waals surface area contributed by atoms with E-state index in [9.17, 15) is 0 Å². The fraction of sp³-hybridized carbons (Fsp3) is 0.594. The molecule has 0 radical (unpaired) electrons. The van der Waals surface area contributed by atoms with Crippen LogP contribution >= 0.6 is 0 Å². The third-order valence-corrected chi connectivity index (χ3v) is 7.73. The SMILES string of the molecule is CCC1(C)CCN(C(C(N)=NCCc2ccccc2)c2cccc(OC)c2OC)CC1.CCCCCC.N=N. The first kappa shape index (κ1) is 34.1. The van der Waals surface area contributed by atoms with E-state index in [-0.39, 0.29) is 6.04 Å². The van der Waals surface area contributed by atoms with E-state index < -0.39 is 0 Å². The van der Waals surface area contributed by atoms with E-state index in [0.29, 0.717) is 17.8 Å². The van der Waals surface area contributed by atoms with E-state index in [2.05, 4.69) is 62.9 Å². The van der Waals surface area contributed by atoms with Crippen molar-refractivity contribution in [1.29, 1.82) is 11.1 Å². The molecule has 1 saturated heterocycles. The van der Waals surface area contributed by atoms with Crippen molar-refractivity contribution in [2.24, 2.45) is 16.1 Å². The van der Waals surface area contributed by atoms with Crippen LogP contribution in [-0.2, 0) is 6.42 Å². The Morgan fingerprint density at radius 1 is 0.949 bits per heavy atom. The number of nitrogens with two attached hydrogens (primary N) is 1. The number of aliphatic imine (C=N–C) groups is 1. The minimum Gasteiger partial charge on any atom is -0.493 e.